The van der Waals surface area contributed by atoms with Crippen molar-refractivity contribution < 1.29 is 4.79 Å². The van der Waals surface area contributed by atoms with Crippen LogP contribution in [-0.4, -0.2) is 40.6 Å². The van der Waals surface area contributed by atoms with Crippen LogP contribution < -0.4 is 5.32 Å². The van der Waals surface area contributed by atoms with E-state index in [0.717, 1.165) is 18.8 Å². The van der Waals surface area contributed by atoms with Crippen LogP contribution in [-0.2, 0) is 4.79 Å². The lowest BCUT2D eigenvalue weighted by Gasteiger charge is -2.48. The molecule has 1 N–H and O–H groups in total. The molecule has 2 heterocycles. The predicted molar refractivity (Wildman–Crippen MR) is 59.1 cm³/mol. The topological polar surface area (TPSA) is 56.1 Å². The van der Waals surface area contributed by atoms with Crippen molar-refractivity contribution in [2.75, 3.05) is 18.8 Å². The summed E-state index contributed by atoms with van der Waals surface area (Å²) in [5.41, 5.74) is 0. The largest absolute Gasteiger partial charge is 0.337 e. The van der Waals surface area contributed by atoms with E-state index in [0.29, 0.717) is 0 Å². The first kappa shape index (κ1) is 10.8. The summed E-state index contributed by atoms with van der Waals surface area (Å²) in [5, 5.41) is 12.1. The third kappa shape index (κ3) is 1.84. The molecule has 0 aromatic carbocycles. The molecule has 2 saturated heterocycles. The van der Waals surface area contributed by atoms with Gasteiger partial charge in [0.15, 0.2) is 0 Å². The van der Waals surface area contributed by atoms with Gasteiger partial charge in [0.05, 0.1) is 19.2 Å². The number of hydrogen-bond donors (Lipinski definition) is 1. The summed E-state index contributed by atoms with van der Waals surface area (Å²) in [6.07, 6.45) is 0. The predicted octanol–water partition coefficient (Wildman–Crippen LogP) is 0.409. The molecule has 0 saturated carbocycles. The summed E-state index contributed by atoms with van der Waals surface area (Å²) in [6, 6.07) is 2.17. The maximum atomic E-state index is 11.6. The SMILES string of the molecule is CC(C)C(=O)N1CC2(C1)N[C@H](C#N)CS2. The molecule has 1 spiro atoms. The highest BCUT2D eigenvalue weighted by Crippen LogP contribution is 2.38. The number of carbonyl (C=O) groups is 1. The molecule has 0 aliphatic carbocycles. The molecule has 0 radical (unpaired) electrons. The van der Waals surface area contributed by atoms with Crippen LogP contribution in [0, 0.1) is 17.2 Å². The smallest absolute Gasteiger partial charge is 0.225 e. The lowest BCUT2D eigenvalue weighted by Crippen LogP contribution is -2.67. The Morgan fingerprint density at radius 1 is 1.67 bits per heavy atom. The zero-order valence-electron chi connectivity index (χ0n) is 8.99. The van der Waals surface area contributed by atoms with Crippen LogP contribution in [0.4, 0.5) is 0 Å². The summed E-state index contributed by atoms with van der Waals surface area (Å²) < 4.78 is 0. The zero-order valence-corrected chi connectivity index (χ0v) is 9.80. The lowest BCUT2D eigenvalue weighted by atomic mass is 10.0. The maximum Gasteiger partial charge on any atom is 0.225 e. The van der Waals surface area contributed by atoms with Gasteiger partial charge in [0.1, 0.15) is 10.9 Å². The molecule has 5 heteroatoms. The molecule has 2 aliphatic rings. The van der Waals surface area contributed by atoms with Gasteiger partial charge in [-0.25, -0.2) is 0 Å². The summed E-state index contributed by atoms with van der Waals surface area (Å²) in [7, 11) is 0. The van der Waals surface area contributed by atoms with Crippen molar-refractivity contribution in [3.8, 4) is 6.07 Å². The van der Waals surface area contributed by atoms with Crippen LogP contribution in [0.5, 0.6) is 0 Å². The van der Waals surface area contributed by atoms with Crippen molar-refractivity contribution in [3.05, 3.63) is 0 Å². The number of amides is 1. The quantitative estimate of drug-likeness (QED) is 0.702. The van der Waals surface area contributed by atoms with Gasteiger partial charge in [-0.1, -0.05) is 13.8 Å². The number of likely N-dealkylation sites (tertiary alicyclic amines) is 1. The minimum Gasteiger partial charge on any atom is -0.337 e. The first-order chi connectivity index (χ1) is 7.06. The zero-order chi connectivity index (χ0) is 11.1. The van der Waals surface area contributed by atoms with Crippen molar-refractivity contribution in [1.29, 1.82) is 5.26 Å². The van der Waals surface area contributed by atoms with E-state index in [9.17, 15) is 4.79 Å². The van der Waals surface area contributed by atoms with E-state index in [2.05, 4.69) is 11.4 Å². The molecule has 0 aromatic heterocycles. The van der Waals surface area contributed by atoms with Crippen LogP contribution in [0.15, 0.2) is 0 Å². The number of nitrogens with one attached hydrogen (secondary N) is 1. The standard InChI is InChI=1S/C10H15N3OS/c1-7(2)9(14)13-5-10(6-13)12-8(3-11)4-15-10/h7-8,12H,4-6H2,1-2H3/t8-/m1/s1. The molecule has 0 aromatic rings. The Labute approximate surface area is 94.0 Å². The molecular weight excluding hydrogens is 210 g/mol. The second-order valence-corrected chi connectivity index (χ2v) is 5.88. The second-order valence-electron chi connectivity index (χ2n) is 4.48. The molecule has 4 nitrogen and oxygen atoms in total. The van der Waals surface area contributed by atoms with Gasteiger partial charge in [-0.15, -0.1) is 11.8 Å². The summed E-state index contributed by atoms with van der Waals surface area (Å²) in [4.78, 5) is 13.5. The monoisotopic (exact) mass is 225 g/mol. The number of thioether (sulfide) groups is 1. The Morgan fingerprint density at radius 2 is 2.33 bits per heavy atom. The Balaban J connectivity index is 1.88. The summed E-state index contributed by atoms with van der Waals surface area (Å²) >= 11 is 1.77. The molecular formula is C10H15N3OS. The number of hydrogen-bond acceptors (Lipinski definition) is 4. The Morgan fingerprint density at radius 3 is 2.80 bits per heavy atom. The van der Waals surface area contributed by atoms with Crippen molar-refractivity contribution in [3.63, 3.8) is 0 Å². The van der Waals surface area contributed by atoms with Crippen LogP contribution in [0.1, 0.15) is 13.8 Å². The third-order valence-corrected chi connectivity index (χ3v) is 4.25. The van der Waals surface area contributed by atoms with Crippen LogP contribution >= 0.6 is 11.8 Å². The minimum atomic E-state index is -0.0497. The van der Waals surface area contributed by atoms with Crippen molar-refractivity contribution in [2.24, 2.45) is 5.92 Å². The van der Waals surface area contributed by atoms with Crippen molar-refractivity contribution in [1.82, 2.24) is 10.2 Å². The van der Waals surface area contributed by atoms with E-state index >= 15 is 0 Å². The van der Waals surface area contributed by atoms with E-state index in [1.165, 1.54) is 0 Å². The van der Waals surface area contributed by atoms with Crippen molar-refractivity contribution in [2.45, 2.75) is 24.8 Å². The van der Waals surface area contributed by atoms with Gasteiger partial charge in [0.2, 0.25) is 5.91 Å². The first-order valence-corrected chi connectivity index (χ1v) is 6.15. The average molecular weight is 225 g/mol. The van der Waals surface area contributed by atoms with Crippen LogP contribution in [0.2, 0.25) is 0 Å². The van der Waals surface area contributed by atoms with Gasteiger partial charge in [0.25, 0.3) is 0 Å². The molecule has 2 aliphatic heterocycles. The number of rotatable bonds is 1. The molecule has 15 heavy (non-hydrogen) atoms. The molecule has 0 unspecified atom stereocenters. The highest BCUT2D eigenvalue weighted by atomic mass is 32.2. The fourth-order valence-electron chi connectivity index (χ4n) is 1.99. The summed E-state index contributed by atoms with van der Waals surface area (Å²) in [6.45, 7) is 5.32. The minimum absolute atomic E-state index is 0.0229. The Bertz CT molecular complexity index is 317. The molecule has 1 atom stereocenters. The van der Waals surface area contributed by atoms with Crippen LogP contribution in [0.3, 0.4) is 0 Å². The highest BCUT2D eigenvalue weighted by molar-refractivity contribution is 8.01. The fraction of sp³-hybridized carbons (Fsp3) is 0.800. The Hall–Kier alpha value is -0.730. The van der Waals surface area contributed by atoms with Gasteiger partial charge < -0.3 is 4.90 Å². The Kier molecular flexibility index (Phi) is 2.65. The molecule has 82 valence electrons. The number of nitriles is 1. The third-order valence-electron chi connectivity index (χ3n) is 2.82. The maximum absolute atomic E-state index is 11.6. The van der Waals surface area contributed by atoms with Gasteiger partial charge in [-0.05, 0) is 0 Å². The normalized spacial score (nSPS) is 27.9. The molecule has 1 amide bonds. The van der Waals surface area contributed by atoms with E-state index < -0.39 is 0 Å². The van der Waals surface area contributed by atoms with Gasteiger partial charge in [-0.3, -0.25) is 10.1 Å². The van der Waals surface area contributed by atoms with Gasteiger partial charge in [-0.2, -0.15) is 5.26 Å². The number of carbonyl (C=O) groups excluding carboxylic acids is 1. The second kappa shape index (κ2) is 3.69. The van der Waals surface area contributed by atoms with E-state index in [1.807, 2.05) is 18.7 Å². The highest BCUT2D eigenvalue weighted by Gasteiger charge is 2.50. The van der Waals surface area contributed by atoms with Crippen LogP contribution in [0.25, 0.3) is 0 Å². The molecule has 0 bridgehead atoms. The molecule has 2 fully saturated rings. The first-order valence-electron chi connectivity index (χ1n) is 5.16. The van der Waals surface area contributed by atoms with Crippen molar-refractivity contribution >= 4 is 17.7 Å². The average Bonchev–Trinajstić information content (AvgIpc) is 2.58. The van der Waals surface area contributed by atoms with Gasteiger partial charge in [0, 0.05) is 11.7 Å². The summed E-state index contributed by atoms with van der Waals surface area (Å²) in [5.74, 6) is 1.11. The lowest BCUT2D eigenvalue weighted by molar-refractivity contribution is -0.140. The van der Waals surface area contributed by atoms with E-state index in [-0.39, 0.29) is 22.7 Å². The van der Waals surface area contributed by atoms with E-state index in [4.69, 9.17) is 5.26 Å². The number of nitrogens with zero attached hydrogens (tertiary/aromatic N) is 2. The molecule has 2 rings (SSSR count). The fourth-order valence-corrected chi connectivity index (χ4v) is 3.35. The van der Waals surface area contributed by atoms with E-state index in [1.54, 1.807) is 11.8 Å². The van der Waals surface area contributed by atoms with Gasteiger partial charge >= 0.3 is 0 Å².